The maximum Gasteiger partial charge on any atom is 0.291 e. The lowest BCUT2D eigenvalue weighted by Crippen LogP contribution is -2.43. The van der Waals surface area contributed by atoms with Crippen LogP contribution in [-0.4, -0.2) is 26.1 Å². The molecule has 0 radical (unpaired) electrons. The first-order valence-electron chi connectivity index (χ1n) is 7.81. The van der Waals surface area contributed by atoms with Crippen molar-refractivity contribution in [3.63, 3.8) is 0 Å². The van der Waals surface area contributed by atoms with Crippen LogP contribution in [-0.2, 0) is 11.3 Å². The Morgan fingerprint density at radius 2 is 2.13 bits per heavy atom. The van der Waals surface area contributed by atoms with Crippen molar-refractivity contribution in [2.45, 2.75) is 45.7 Å². The van der Waals surface area contributed by atoms with E-state index in [-0.39, 0.29) is 24.1 Å². The molecule has 0 bridgehead atoms. The van der Waals surface area contributed by atoms with Gasteiger partial charge in [0.05, 0.1) is 10.2 Å². The Labute approximate surface area is 136 Å². The van der Waals surface area contributed by atoms with Gasteiger partial charge in [0.2, 0.25) is 5.91 Å². The van der Waals surface area contributed by atoms with Gasteiger partial charge in [0.1, 0.15) is 17.9 Å². The monoisotopic (exact) mass is 330 g/mol. The van der Waals surface area contributed by atoms with Gasteiger partial charge < -0.3 is 5.32 Å². The number of aromatic nitrogens is 3. The maximum atomic E-state index is 12.6. The van der Waals surface area contributed by atoms with Gasteiger partial charge in [-0.1, -0.05) is 0 Å². The fourth-order valence-electron chi connectivity index (χ4n) is 3.09. The number of carbonyl (C=O) groups is 1. The van der Waals surface area contributed by atoms with Crippen molar-refractivity contribution in [1.29, 1.82) is 0 Å². The number of aryl methyl sites for hydroxylation is 2. The quantitative estimate of drug-likeness (QED) is 0.798. The molecule has 1 fully saturated rings. The molecule has 3 aromatic rings. The second-order valence-corrected chi connectivity index (χ2v) is 7.46. The Bertz CT molecular complexity index is 977. The Morgan fingerprint density at radius 1 is 1.35 bits per heavy atom. The highest BCUT2D eigenvalue weighted by atomic mass is 32.1. The number of hydrogen-bond donors (Lipinski definition) is 1. The molecule has 1 amide bonds. The second-order valence-electron chi connectivity index (χ2n) is 6.18. The van der Waals surface area contributed by atoms with Crippen LogP contribution in [0.15, 0.2) is 16.9 Å². The highest BCUT2D eigenvalue weighted by molar-refractivity contribution is 7.19. The van der Waals surface area contributed by atoms with Crippen molar-refractivity contribution >= 4 is 33.0 Å². The van der Waals surface area contributed by atoms with Gasteiger partial charge in [-0.3, -0.25) is 14.0 Å². The first kappa shape index (κ1) is 14.4. The third-order valence-electron chi connectivity index (χ3n) is 4.42. The van der Waals surface area contributed by atoms with Crippen molar-refractivity contribution in [1.82, 2.24) is 19.5 Å². The topological polar surface area (TPSA) is 68.4 Å². The van der Waals surface area contributed by atoms with E-state index in [0.29, 0.717) is 11.3 Å². The minimum Gasteiger partial charge on any atom is -0.352 e. The summed E-state index contributed by atoms with van der Waals surface area (Å²) in [4.78, 5) is 25.9. The number of hydrogen-bond acceptors (Lipinski definition) is 4. The summed E-state index contributed by atoms with van der Waals surface area (Å²) in [5, 5.41) is 7.28. The molecule has 0 atom stereocenters. The molecule has 0 saturated heterocycles. The average molecular weight is 330 g/mol. The molecule has 1 aliphatic rings. The molecular weight excluding hydrogens is 312 g/mol. The van der Waals surface area contributed by atoms with Crippen LogP contribution in [0.4, 0.5) is 0 Å². The summed E-state index contributed by atoms with van der Waals surface area (Å²) in [6, 6.07) is 4.23. The van der Waals surface area contributed by atoms with E-state index >= 15 is 0 Å². The van der Waals surface area contributed by atoms with Crippen LogP contribution in [0.2, 0.25) is 0 Å². The molecule has 0 aromatic carbocycles. The van der Waals surface area contributed by atoms with Crippen molar-refractivity contribution in [3.05, 3.63) is 33.2 Å². The average Bonchev–Trinajstić information content (AvgIpc) is 2.96. The first-order chi connectivity index (χ1) is 11.0. The zero-order chi connectivity index (χ0) is 16.1. The molecule has 3 heterocycles. The van der Waals surface area contributed by atoms with Crippen LogP contribution < -0.4 is 10.9 Å². The van der Waals surface area contributed by atoms with E-state index in [1.165, 1.54) is 9.56 Å². The fraction of sp³-hybridized carbons (Fsp3) is 0.438. The van der Waals surface area contributed by atoms with Crippen molar-refractivity contribution in [3.8, 4) is 0 Å². The van der Waals surface area contributed by atoms with E-state index in [1.54, 1.807) is 11.3 Å². The van der Waals surface area contributed by atoms with Crippen molar-refractivity contribution in [2.24, 2.45) is 0 Å². The Morgan fingerprint density at radius 3 is 2.83 bits per heavy atom. The third-order valence-corrected chi connectivity index (χ3v) is 5.41. The molecule has 0 spiro atoms. The lowest BCUT2D eigenvalue weighted by atomic mass is 9.93. The minimum atomic E-state index is -0.222. The Hall–Kier alpha value is -2.15. The molecule has 1 aliphatic carbocycles. The molecule has 1 saturated carbocycles. The Balaban J connectivity index is 1.74. The number of nitrogens with one attached hydrogen (secondary N) is 1. The highest BCUT2D eigenvalue weighted by Crippen LogP contribution is 2.27. The number of nitrogens with zero attached hydrogens (tertiary/aromatic N) is 3. The standard InChI is InChI=1S/C16H18N4O2S/c1-9-6-12-14(23-9)7-13-16(22)19(18-10(2)20(12)13)8-15(21)17-11-4-3-5-11/h6-7,11H,3-5,8H2,1-2H3,(H,17,21). The van der Waals surface area contributed by atoms with Crippen molar-refractivity contribution < 1.29 is 4.79 Å². The molecule has 23 heavy (non-hydrogen) atoms. The lowest BCUT2D eigenvalue weighted by molar-refractivity contribution is -0.123. The van der Waals surface area contributed by atoms with Gasteiger partial charge in [-0.2, -0.15) is 5.10 Å². The number of rotatable bonds is 3. The van der Waals surface area contributed by atoms with Gasteiger partial charge in [0, 0.05) is 10.9 Å². The second kappa shape index (κ2) is 5.19. The summed E-state index contributed by atoms with van der Waals surface area (Å²) >= 11 is 1.66. The van der Waals surface area contributed by atoms with Gasteiger partial charge in [-0.15, -0.1) is 11.3 Å². The SMILES string of the molecule is Cc1cc2c(cc3c(=O)n(CC(=O)NC4CCC4)nc(C)n32)s1. The van der Waals surface area contributed by atoms with E-state index in [9.17, 15) is 9.59 Å². The molecule has 0 aliphatic heterocycles. The van der Waals surface area contributed by atoms with Gasteiger partial charge in [-0.05, 0) is 45.2 Å². The fourth-order valence-corrected chi connectivity index (χ4v) is 4.03. The summed E-state index contributed by atoms with van der Waals surface area (Å²) in [6.07, 6.45) is 3.22. The predicted molar refractivity (Wildman–Crippen MR) is 90.1 cm³/mol. The summed E-state index contributed by atoms with van der Waals surface area (Å²) in [6.45, 7) is 3.88. The van der Waals surface area contributed by atoms with E-state index in [4.69, 9.17) is 0 Å². The van der Waals surface area contributed by atoms with Crippen molar-refractivity contribution in [2.75, 3.05) is 0 Å². The summed E-state index contributed by atoms with van der Waals surface area (Å²) in [7, 11) is 0. The molecule has 4 rings (SSSR count). The van der Waals surface area contributed by atoms with Crippen LogP contribution >= 0.6 is 11.3 Å². The summed E-state index contributed by atoms with van der Waals surface area (Å²) in [5.74, 6) is 0.570. The van der Waals surface area contributed by atoms with Crippen LogP contribution in [0, 0.1) is 13.8 Å². The van der Waals surface area contributed by atoms with E-state index in [0.717, 1.165) is 29.5 Å². The van der Waals surface area contributed by atoms with Gasteiger partial charge in [0.25, 0.3) is 5.56 Å². The van der Waals surface area contributed by atoms with Gasteiger partial charge in [-0.25, -0.2) is 4.68 Å². The largest absolute Gasteiger partial charge is 0.352 e. The molecule has 7 heteroatoms. The zero-order valence-electron chi connectivity index (χ0n) is 13.1. The van der Waals surface area contributed by atoms with Crippen LogP contribution in [0.5, 0.6) is 0 Å². The van der Waals surface area contributed by atoms with Gasteiger partial charge >= 0.3 is 0 Å². The van der Waals surface area contributed by atoms with E-state index in [1.807, 2.05) is 24.3 Å². The smallest absolute Gasteiger partial charge is 0.291 e. The number of carbonyl (C=O) groups excluding carboxylic acids is 1. The lowest BCUT2D eigenvalue weighted by Gasteiger charge is -2.26. The van der Waals surface area contributed by atoms with Crippen LogP contribution in [0.3, 0.4) is 0 Å². The molecule has 6 nitrogen and oxygen atoms in total. The summed E-state index contributed by atoms with van der Waals surface area (Å²) < 4.78 is 4.22. The highest BCUT2D eigenvalue weighted by Gasteiger charge is 2.20. The normalized spacial score (nSPS) is 15.2. The zero-order valence-corrected chi connectivity index (χ0v) is 13.9. The molecule has 3 aromatic heterocycles. The number of amides is 1. The van der Waals surface area contributed by atoms with Gasteiger partial charge in [0.15, 0.2) is 0 Å². The van der Waals surface area contributed by atoms with Crippen LogP contribution in [0.25, 0.3) is 15.7 Å². The Kier molecular flexibility index (Phi) is 3.26. The number of thiophene rings is 1. The molecule has 1 N–H and O–H groups in total. The molecule has 120 valence electrons. The summed E-state index contributed by atoms with van der Waals surface area (Å²) in [5.41, 5.74) is 1.37. The predicted octanol–water partition coefficient (Wildman–Crippen LogP) is 2.00. The third kappa shape index (κ3) is 2.35. The minimum absolute atomic E-state index is 0.0233. The molecular formula is C16H18N4O2S. The first-order valence-corrected chi connectivity index (χ1v) is 8.63. The maximum absolute atomic E-state index is 12.6. The van der Waals surface area contributed by atoms with E-state index < -0.39 is 0 Å². The molecule has 0 unspecified atom stereocenters. The van der Waals surface area contributed by atoms with E-state index in [2.05, 4.69) is 16.5 Å². The van der Waals surface area contributed by atoms with Crippen LogP contribution in [0.1, 0.15) is 30.0 Å². The number of fused-ring (bicyclic) bond motifs is 3.